The molecule has 28 heavy (non-hydrogen) atoms. The fourth-order valence-electron chi connectivity index (χ4n) is 3.52. The molecule has 0 aromatic heterocycles. The fourth-order valence-corrected chi connectivity index (χ4v) is 6.96. The zero-order chi connectivity index (χ0) is 20.9. The summed E-state index contributed by atoms with van der Waals surface area (Å²) >= 11 is 0. The molecule has 11 heteroatoms. The summed E-state index contributed by atoms with van der Waals surface area (Å²) in [5.41, 5.74) is 0.501. The third-order valence-corrected chi connectivity index (χ3v) is 8.98. The van der Waals surface area contributed by atoms with E-state index in [9.17, 15) is 26.4 Å². The van der Waals surface area contributed by atoms with E-state index in [2.05, 4.69) is 0 Å². The molecule has 0 N–H and O–H groups in total. The largest absolute Gasteiger partial charge is 0.340 e. The number of nitrogens with zero attached hydrogens (tertiary/aromatic N) is 3. The number of amides is 2. The highest BCUT2D eigenvalue weighted by atomic mass is 32.2. The lowest BCUT2D eigenvalue weighted by Gasteiger charge is -2.33. The lowest BCUT2D eigenvalue weighted by atomic mass is 10.2. The lowest BCUT2D eigenvalue weighted by molar-refractivity contribution is -0.130. The minimum absolute atomic E-state index is 0.0598. The van der Waals surface area contributed by atoms with E-state index in [4.69, 9.17) is 0 Å². The second-order valence-electron chi connectivity index (χ2n) is 7.14. The molecular formula is C17H23N3O6S2. The van der Waals surface area contributed by atoms with Gasteiger partial charge in [0.1, 0.15) is 0 Å². The van der Waals surface area contributed by atoms with Crippen LogP contribution in [0.25, 0.3) is 0 Å². The molecule has 0 aliphatic carbocycles. The minimum Gasteiger partial charge on any atom is -0.340 e. The molecule has 2 heterocycles. The number of hydrogen-bond acceptors (Lipinski definition) is 6. The Balaban J connectivity index is 1.89. The van der Waals surface area contributed by atoms with Crippen molar-refractivity contribution in [3.8, 4) is 0 Å². The van der Waals surface area contributed by atoms with Crippen molar-refractivity contribution in [3.63, 3.8) is 0 Å². The molecule has 0 radical (unpaired) electrons. The van der Waals surface area contributed by atoms with Gasteiger partial charge in [0, 0.05) is 33.1 Å². The van der Waals surface area contributed by atoms with E-state index in [1.807, 2.05) is 0 Å². The van der Waals surface area contributed by atoms with Gasteiger partial charge in [0.2, 0.25) is 31.9 Å². The number of aryl methyl sites for hydroxylation is 1. The van der Waals surface area contributed by atoms with Gasteiger partial charge in [0.25, 0.3) is 0 Å². The summed E-state index contributed by atoms with van der Waals surface area (Å²) in [7, 11) is -7.54. The third kappa shape index (κ3) is 3.53. The highest BCUT2D eigenvalue weighted by molar-refractivity contribution is 7.94. The first-order valence-electron chi connectivity index (χ1n) is 8.88. The van der Waals surface area contributed by atoms with Crippen LogP contribution in [0.5, 0.6) is 0 Å². The quantitative estimate of drug-likeness (QED) is 0.677. The van der Waals surface area contributed by atoms with Crippen molar-refractivity contribution < 1.29 is 26.4 Å². The van der Waals surface area contributed by atoms with E-state index < -0.39 is 31.9 Å². The molecule has 2 fully saturated rings. The highest BCUT2D eigenvalue weighted by Crippen LogP contribution is 2.31. The predicted octanol–water partition coefficient (Wildman–Crippen LogP) is 0.160. The lowest BCUT2D eigenvalue weighted by Crippen LogP contribution is -2.50. The van der Waals surface area contributed by atoms with E-state index in [-0.39, 0.29) is 35.3 Å². The molecule has 2 aliphatic heterocycles. The molecule has 3 rings (SSSR count). The molecule has 0 bridgehead atoms. The number of piperazine rings is 1. The number of hydrogen-bond donors (Lipinski definition) is 0. The van der Waals surface area contributed by atoms with Gasteiger partial charge in [-0.1, -0.05) is 6.92 Å². The Morgan fingerprint density at radius 3 is 2.21 bits per heavy atom. The Morgan fingerprint density at radius 1 is 1.14 bits per heavy atom. The Morgan fingerprint density at radius 2 is 1.75 bits per heavy atom. The second kappa shape index (κ2) is 7.12. The van der Waals surface area contributed by atoms with Gasteiger partial charge in [-0.3, -0.25) is 9.59 Å². The van der Waals surface area contributed by atoms with E-state index in [0.29, 0.717) is 18.7 Å². The highest BCUT2D eigenvalue weighted by Gasteiger charge is 2.42. The Kier molecular flexibility index (Phi) is 5.28. The van der Waals surface area contributed by atoms with Crippen LogP contribution in [0.4, 0.5) is 5.69 Å². The SMILES string of the molecule is CC(=O)N1CCN(S(=O)(=O)c2ccc(N3C(=O)[C@@H](C)CS3(=O)=O)cc2C)CC1. The van der Waals surface area contributed by atoms with Gasteiger partial charge in [-0.15, -0.1) is 0 Å². The van der Waals surface area contributed by atoms with Gasteiger partial charge in [0.15, 0.2) is 0 Å². The van der Waals surface area contributed by atoms with Crippen molar-refractivity contribution in [1.82, 2.24) is 9.21 Å². The smallest absolute Gasteiger partial charge is 0.244 e. The van der Waals surface area contributed by atoms with E-state index in [1.54, 1.807) is 18.7 Å². The van der Waals surface area contributed by atoms with Crippen LogP contribution in [-0.2, 0) is 29.6 Å². The van der Waals surface area contributed by atoms with Crippen LogP contribution in [-0.4, -0.2) is 69.8 Å². The monoisotopic (exact) mass is 429 g/mol. The molecule has 2 aliphatic rings. The van der Waals surface area contributed by atoms with Gasteiger partial charge in [-0.25, -0.2) is 21.1 Å². The number of sulfonamides is 2. The van der Waals surface area contributed by atoms with E-state index in [0.717, 1.165) is 4.31 Å². The molecule has 1 atom stereocenters. The van der Waals surface area contributed by atoms with Gasteiger partial charge < -0.3 is 4.90 Å². The molecule has 2 saturated heterocycles. The summed E-state index contributed by atoms with van der Waals surface area (Å²) in [6.07, 6.45) is 0. The minimum atomic E-state index is -3.79. The predicted molar refractivity (Wildman–Crippen MR) is 103 cm³/mol. The summed E-state index contributed by atoms with van der Waals surface area (Å²) in [5, 5.41) is 0. The fraction of sp³-hybridized carbons (Fsp3) is 0.529. The zero-order valence-corrected chi connectivity index (χ0v) is 17.6. The van der Waals surface area contributed by atoms with Crippen LogP contribution in [0.2, 0.25) is 0 Å². The van der Waals surface area contributed by atoms with Gasteiger partial charge in [0.05, 0.1) is 22.3 Å². The van der Waals surface area contributed by atoms with Crippen molar-refractivity contribution in [1.29, 1.82) is 0 Å². The summed E-state index contributed by atoms with van der Waals surface area (Å²) in [6.45, 7) is 5.60. The van der Waals surface area contributed by atoms with Crippen molar-refractivity contribution in [2.24, 2.45) is 5.92 Å². The van der Waals surface area contributed by atoms with Gasteiger partial charge in [-0.2, -0.15) is 4.31 Å². The van der Waals surface area contributed by atoms with Crippen LogP contribution in [0.1, 0.15) is 19.4 Å². The zero-order valence-electron chi connectivity index (χ0n) is 16.0. The molecule has 0 spiro atoms. The Hall–Kier alpha value is -1.98. The average molecular weight is 430 g/mol. The molecule has 1 aromatic carbocycles. The first-order chi connectivity index (χ1) is 12.9. The molecule has 2 amide bonds. The molecule has 0 unspecified atom stereocenters. The second-order valence-corrected chi connectivity index (χ2v) is 10.9. The number of anilines is 1. The number of rotatable bonds is 3. The standard InChI is InChI=1S/C17H23N3O6S2/c1-12-10-15(20-17(22)13(2)11-27(20,23)24)4-5-16(12)28(25,26)19-8-6-18(7-9-19)14(3)21/h4-5,10,13H,6-9,11H2,1-3H3/t13-/m0/s1. The molecule has 0 saturated carbocycles. The van der Waals surface area contributed by atoms with Crippen molar-refractivity contribution >= 4 is 37.5 Å². The van der Waals surface area contributed by atoms with E-state index in [1.165, 1.54) is 29.4 Å². The maximum atomic E-state index is 13.0. The first kappa shape index (κ1) is 20.7. The first-order valence-corrected chi connectivity index (χ1v) is 11.9. The summed E-state index contributed by atoms with van der Waals surface area (Å²) in [4.78, 5) is 25.3. The molecule has 9 nitrogen and oxygen atoms in total. The number of carbonyl (C=O) groups excluding carboxylic acids is 2. The normalized spacial score (nSPS) is 23.2. The maximum Gasteiger partial charge on any atom is 0.244 e. The van der Waals surface area contributed by atoms with Gasteiger partial charge in [-0.05, 0) is 30.7 Å². The molecule has 154 valence electrons. The summed E-state index contributed by atoms with van der Waals surface area (Å²) in [5.74, 6) is -1.50. The summed E-state index contributed by atoms with van der Waals surface area (Å²) in [6, 6.07) is 4.09. The third-order valence-electron chi connectivity index (χ3n) is 5.06. The van der Waals surface area contributed by atoms with Crippen LogP contribution in [0, 0.1) is 12.8 Å². The van der Waals surface area contributed by atoms with Gasteiger partial charge >= 0.3 is 0 Å². The Labute approximate surface area is 165 Å². The van der Waals surface area contributed by atoms with Crippen LogP contribution in [0.15, 0.2) is 23.1 Å². The number of carbonyl (C=O) groups is 2. The molecule has 1 aromatic rings. The molecular weight excluding hydrogens is 406 g/mol. The van der Waals surface area contributed by atoms with Crippen LogP contribution < -0.4 is 4.31 Å². The van der Waals surface area contributed by atoms with E-state index >= 15 is 0 Å². The Bertz CT molecular complexity index is 1030. The summed E-state index contributed by atoms with van der Waals surface area (Å²) < 4.78 is 52.6. The maximum absolute atomic E-state index is 13.0. The van der Waals surface area contributed by atoms with Crippen LogP contribution >= 0.6 is 0 Å². The average Bonchev–Trinajstić information content (AvgIpc) is 2.81. The van der Waals surface area contributed by atoms with Crippen LogP contribution in [0.3, 0.4) is 0 Å². The van der Waals surface area contributed by atoms with Crippen molar-refractivity contribution in [2.75, 3.05) is 36.2 Å². The number of benzene rings is 1. The van der Waals surface area contributed by atoms with Crippen molar-refractivity contribution in [3.05, 3.63) is 23.8 Å². The van der Waals surface area contributed by atoms with Crippen molar-refractivity contribution in [2.45, 2.75) is 25.7 Å². The topological polar surface area (TPSA) is 112 Å².